The minimum absolute atomic E-state index is 0.0487. The molecule has 0 saturated carbocycles. The first kappa shape index (κ1) is 22.4. The summed E-state index contributed by atoms with van der Waals surface area (Å²) >= 11 is 6.06. The first-order chi connectivity index (χ1) is 15.3. The zero-order valence-corrected chi connectivity index (χ0v) is 19.4. The molecule has 0 fully saturated rings. The summed E-state index contributed by atoms with van der Waals surface area (Å²) in [7, 11) is -3.89. The molecule has 2 amide bonds. The third-order valence-corrected chi connectivity index (χ3v) is 7.70. The highest BCUT2D eigenvalue weighted by Gasteiger charge is 2.35. The van der Waals surface area contributed by atoms with Crippen molar-refractivity contribution in [1.29, 1.82) is 0 Å². The van der Waals surface area contributed by atoms with Gasteiger partial charge in [-0.15, -0.1) is 0 Å². The molecule has 10 heteroatoms. The van der Waals surface area contributed by atoms with Crippen LogP contribution in [0.4, 0.5) is 10.5 Å². The van der Waals surface area contributed by atoms with E-state index in [0.717, 1.165) is 34.0 Å². The maximum absolute atomic E-state index is 13.3. The van der Waals surface area contributed by atoms with Gasteiger partial charge in [-0.2, -0.15) is 0 Å². The minimum atomic E-state index is -3.89. The number of carbonyl (C=O) groups excluding carboxylic acids is 1. The molecule has 2 aromatic carbocycles. The Morgan fingerprint density at radius 2 is 2.09 bits per heavy atom. The number of anilines is 1. The molecule has 0 aliphatic carbocycles. The van der Waals surface area contributed by atoms with Crippen molar-refractivity contribution in [3.8, 4) is 0 Å². The second-order valence-electron chi connectivity index (χ2n) is 7.87. The van der Waals surface area contributed by atoms with E-state index >= 15 is 0 Å². The summed E-state index contributed by atoms with van der Waals surface area (Å²) in [6.07, 6.45) is 2.51. The van der Waals surface area contributed by atoms with Crippen LogP contribution < -0.4 is 16.0 Å². The average molecular weight is 476 g/mol. The summed E-state index contributed by atoms with van der Waals surface area (Å²) < 4.78 is 27.8. The second kappa shape index (κ2) is 8.99. The van der Waals surface area contributed by atoms with Gasteiger partial charge in [-0.3, -0.25) is 4.90 Å². The van der Waals surface area contributed by atoms with Gasteiger partial charge >= 0.3 is 6.03 Å². The predicted octanol–water partition coefficient (Wildman–Crippen LogP) is 3.27. The summed E-state index contributed by atoms with van der Waals surface area (Å²) in [5.41, 5.74) is 8.36. The Hall–Kier alpha value is -2.78. The monoisotopic (exact) mass is 475 g/mol. The molecule has 3 N–H and O–H groups in total. The van der Waals surface area contributed by atoms with Crippen LogP contribution in [0.2, 0.25) is 5.02 Å². The molecule has 0 spiro atoms. The van der Waals surface area contributed by atoms with Gasteiger partial charge in [0.1, 0.15) is 0 Å². The number of nitrogens with one attached hydrogen (secondary N) is 1. The number of hydrogen-bond donors (Lipinski definition) is 2. The minimum Gasteiger partial charge on any atom is -0.369 e. The van der Waals surface area contributed by atoms with Gasteiger partial charge in [-0.1, -0.05) is 37.1 Å². The summed E-state index contributed by atoms with van der Waals surface area (Å²) in [4.78, 5) is 18.6. The molecule has 4 rings (SSSR count). The zero-order valence-electron chi connectivity index (χ0n) is 17.8. The maximum Gasteiger partial charge on any atom is 0.321 e. The summed E-state index contributed by atoms with van der Waals surface area (Å²) in [5.74, 6) is -0.0487. The van der Waals surface area contributed by atoms with Crippen LogP contribution in [0, 0.1) is 0 Å². The number of guanidine groups is 1. The fraction of sp³-hybridized carbons (Fsp3) is 0.364. The number of nitrogens with zero attached hydrogens (tertiary/aromatic N) is 3. The number of halogens is 1. The van der Waals surface area contributed by atoms with Crippen molar-refractivity contribution in [2.24, 2.45) is 10.7 Å². The normalized spacial score (nSPS) is 17.9. The lowest BCUT2D eigenvalue weighted by atomic mass is 10.1. The molecule has 8 nitrogen and oxygen atoms in total. The standard InChI is InChI=1S/C22H26ClN5O3S/c1-2-3-10-25-22(29)27-11-9-16-13-18(7-8-20(16)27)32(30,31)28-14-19(26-21(28)24)15-5-4-6-17(23)12-15/h4-8,12-13,19H,2-3,9-11,14H2,1H3,(H2,24,26)(H,25,29). The van der Waals surface area contributed by atoms with E-state index in [0.29, 0.717) is 24.5 Å². The third-order valence-electron chi connectivity index (χ3n) is 5.70. The molecule has 0 radical (unpaired) electrons. The van der Waals surface area contributed by atoms with Gasteiger partial charge in [-0.05, 0) is 54.3 Å². The Morgan fingerprint density at radius 3 is 2.84 bits per heavy atom. The molecule has 2 aliphatic rings. The van der Waals surface area contributed by atoms with E-state index in [-0.39, 0.29) is 23.4 Å². The number of urea groups is 1. The van der Waals surface area contributed by atoms with E-state index in [1.165, 1.54) is 6.07 Å². The molecular formula is C22H26ClN5O3S. The number of unbranched alkanes of at least 4 members (excludes halogenated alkanes) is 1. The molecule has 170 valence electrons. The number of sulfonamides is 1. The van der Waals surface area contributed by atoms with Crippen molar-refractivity contribution in [2.75, 3.05) is 24.5 Å². The van der Waals surface area contributed by atoms with E-state index in [1.54, 1.807) is 35.2 Å². The molecule has 1 atom stereocenters. The molecule has 32 heavy (non-hydrogen) atoms. The van der Waals surface area contributed by atoms with Gasteiger partial charge in [0.15, 0.2) is 0 Å². The van der Waals surface area contributed by atoms with E-state index in [9.17, 15) is 13.2 Å². The van der Waals surface area contributed by atoms with Gasteiger partial charge in [0.2, 0.25) is 5.96 Å². The fourth-order valence-electron chi connectivity index (χ4n) is 3.97. The largest absolute Gasteiger partial charge is 0.369 e. The summed E-state index contributed by atoms with van der Waals surface area (Å²) in [6, 6.07) is 11.4. The van der Waals surface area contributed by atoms with E-state index in [1.807, 2.05) is 6.07 Å². The van der Waals surface area contributed by atoms with Gasteiger partial charge in [0.25, 0.3) is 10.0 Å². The molecule has 0 saturated heterocycles. The number of carbonyl (C=O) groups is 1. The third kappa shape index (κ3) is 4.27. The Morgan fingerprint density at radius 1 is 1.28 bits per heavy atom. The smallest absolute Gasteiger partial charge is 0.321 e. The molecule has 2 heterocycles. The highest BCUT2D eigenvalue weighted by molar-refractivity contribution is 7.89. The van der Waals surface area contributed by atoms with Crippen molar-refractivity contribution in [3.63, 3.8) is 0 Å². The lowest BCUT2D eigenvalue weighted by Crippen LogP contribution is -2.39. The summed E-state index contributed by atoms with van der Waals surface area (Å²) in [6.45, 7) is 3.31. The Kier molecular flexibility index (Phi) is 6.30. The Labute approximate surface area is 193 Å². The molecule has 2 aromatic rings. The zero-order chi connectivity index (χ0) is 22.9. The maximum atomic E-state index is 13.3. The van der Waals surface area contributed by atoms with Crippen LogP contribution in [0.3, 0.4) is 0 Å². The van der Waals surface area contributed by atoms with Crippen LogP contribution in [0.1, 0.15) is 36.9 Å². The first-order valence-corrected chi connectivity index (χ1v) is 12.4. The van der Waals surface area contributed by atoms with Gasteiger partial charge in [0.05, 0.1) is 17.5 Å². The quantitative estimate of drug-likeness (QED) is 0.625. The second-order valence-corrected chi connectivity index (χ2v) is 10.2. The van der Waals surface area contributed by atoms with Crippen LogP contribution in [-0.4, -0.2) is 44.3 Å². The molecule has 2 aliphatic heterocycles. The lowest BCUT2D eigenvalue weighted by molar-refractivity contribution is 0.246. The van der Waals surface area contributed by atoms with Gasteiger partial charge in [-0.25, -0.2) is 22.5 Å². The van der Waals surface area contributed by atoms with Crippen molar-refractivity contribution < 1.29 is 13.2 Å². The van der Waals surface area contributed by atoms with Crippen molar-refractivity contribution >= 4 is 39.3 Å². The lowest BCUT2D eigenvalue weighted by Gasteiger charge is -2.21. The molecular weight excluding hydrogens is 450 g/mol. The van der Waals surface area contributed by atoms with Gasteiger partial charge < -0.3 is 11.1 Å². The fourth-order valence-corrected chi connectivity index (χ4v) is 5.59. The van der Waals surface area contributed by atoms with Gasteiger partial charge in [0, 0.05) is 23.8 Å². The molecule has 0 bridgehead atoms. The number of rotatable bonds is 6. The number of aliphatic imine (C=N–C) groups is 1. The number of fused-ring (bicyclic) bond motifs is 1. The average Bonchev–Trinajstić information content (AvgIpc) is 3.37. The highest BCUT2D eigenvalue weighted by atomic mass is 35.5. The highest BCUT2D eigenvalue weighted by Crippen LogP contribution is 2.33. The first-order valence-electron chi connectivity index (χ1n) is 10.6. The number of benzene rings is 2. The number of amides is 2. The van der Waals surface area contributed by atoms with Crippen molar-refractivity contribution in [1.82, 2.24) is 9.62 Å². The van der Waals surface area contributed by atoms with Crippen LogP contribution in [0.5, 0.6) is 0 Å². The van der Waals surface area contributed by atoms with Crippen LogP contribution in [-0.2, 0) is 16.4 Å². The molecule has 0 aromatic heterocycles. The van der Waals surface area contributed by atoms with Crippen LogP contribution in [0.15, 0.2) is 52.4 Å². The van der Waals surface area contributed by atoms with Crippen molar-refractivity contribution in [3.05, 3.63) is 58.6 Å². The van der Waals surface area contributed by atoms with Crippen LogP contribution in [0.25, 0.3) is 0 Å². The number of nitrogens with two attached hydrogens (primary N) is 1. The summed E-state index contributed by atoms with van der Waals surface area (Å²) in [5, 5.41) is 3.46. The predicted molar refractivity (Wildman–Crippen MR) is 126 cm³/mol. The van der Waals surface area contributed by atoms with E-state index in [4.69, 9.17) is 17.3 Å². The Bertz CT molecular complexity index is 1170. The van der Waals surface area contributed by atoms with Crippen LogP contribution >= 0.6 is 11.6 Å². The number of hydrogen-bond acceptors (Lipinski definition) is 5. The Balaban J connectivity index is 1.53. The van der Waals surface area contributed by atoms with E-state index < -0.39 is 16.1 Å². The SMILES string of the molecule is CCCCNC(=O)N1CCc2cc(S(=O)(=O)N3CC(c4cccc(Cl)c4)N=C3N)ccc21. The topological polar surface area (TPSA) is 108 Å². The van der Waals surface area contributed by atoms with E-state index in [2.05, 4.69) is 17.2 Å². The van der Waals surface area contributed by atoms with Crippen molar-refractivity contribution in [2.45, 2.75) is 37.1 Å². The molecule has 1 unspecified atom stereocenters.